The number of carbonyl (C=O) groups excluding carboxylic acids is 2. The molecule has 3 rings (SSSR count). The van der Waals surface area contributed by atoms with Gasteiger partial charge in [0.2, 0.25) is 5.91 Å². The predicted octanol–water partition coefficient (Wildman–Crippen LogP) is -0.118. The van der Waals surface area contributed by atoms with Gasteiger partial charge < -0.3 is 26.7 Å². The van der Waals surface area contributed by atoms with Gasteiger partial charge in [-0.2, -0.15) is 0 Å². The average Bonchev–Trinajstić information content (AvgIpc) is 2.65. The molecule has 2 aliphatic heterocycles. The number of nitrogens with one attached hydrogen (secondary N) is 1. The van der Waals surface area contributed by atoms with E-state index in [9.17, 15) is 24.6 Å². The number of aromatic hydroxyl groups is 1. The van der Waals surface area contributed by atoms with Crippen molar-refractivity contribution in [3.8, 4) is 5.75 Å². The molecule has 0 aliphatic carbocycles. The molecule has 0 saturated carbocycles. The lowest BCUT2D eigenvalue weighted by atomic mass is 10.0. The number of phenols is 1. The maximum absolute atomic E-state index is 12.5. The lowest BCUT2D eigenvalue weighted by molar-refractivity contribution is -0.150. The number of rotatable bonds is 5. The van der Waals surface area contributed by atoms with E-state index in [-0.39, 0.29) is 16.9 Å². The van der Waals surface area contributed by atoms with Crippen LogP contribution < -0.4 is 11.1 Å². The van der Waals surface area contributed by atoms with Gasteiger partial charge in [0.25, 0.3) is 5.91 Å². The average molecular weight is 407 g/mol. The molecule has 0 spiro atoms. The maximum atomic E-state index is 12.5. The molecule has 3 atom stereocenters. The lowest BCUT2D eigenvalue weighted by Gasteiger charge is -2.49. The summed E-state index contributed by atoms with van der Waals surface area (Å²) in [5.74, 6) is -1.71. The van der Waals surface area contributed by atoms with Crippen LogP contribution >= 0.6 is 11.8 Å². The molecule has 28 heavy (non-hydrogen) atoms. The van der Waals surface area contributed by atoms with Gasteiger partial charge in [0.1, 0.15) is 28.9 Å². The number of fused-ring (bicyclic) bond motifs is 1. The monoisotopic (exact) mass is 407 g/mol. The van der Waals surface area contributed by atoms with Gasteiger partial charge in [-0.25, -0.2) is 4.79 Å². The fourth-order valence-corrected chi connectivity index (χ4v) is 4.37. The highest BCUT2D eigenvalue weighted by atomic mass is 32.2. The number of hydrogen-bond donors (Lipinski definition) is 4. The predicted molar refractivity (Wildman–Crippen MR) is 103 cm³/mol. The number of nitrogens with zero attached hydrogens (tertiary/aromatic N) is 1. The van der Waals surface area contributed by atoms with Crippen molar-refractivity contribution in [2.24, 2.45) is 5.73 Å². The highest BCUT2D eigenvalue weighted by Gasteiger charge is 2.54. The first-order valence-corrected chi connectivity index (χ1v) is 9.28. The molecule has 2 amide bonds. The van der Waals surface area contributed by atoms with Gasteiger partial charge >= 0.3 is 5.97 Å². The largest absolute Gasteiger partial charge is 0.508 e. The molecule has 0 aromatic heterocycles. The molecule has 0 unspecified atom stereocenters. The second kappa shape index (κ2) is 8.46. The van der Waals surface area contributed by atoms with Gasteiger partial charge in [-0.15, -0.1) is 11.8 Å². The van der Waals surface area contributed by atoms with Crippen LogP contribution in [0.4, 0.5) is 0 Å². The Morgan fingerprint density at radius 1 is 1.36 bits per heavy atom. The number of thioether (sulfide) groups is 1. The van der Waals surface area contributed by atoms with Crippen LogP contribution in [0.5, 0.6) is 5.75 Å². The van der Waals surface area contributed by atoms with Gasteiger partial charge in [0.15, 0.2) is 0 Å². The van der Waals surface area contributed by atoms with Crippen molar-refractivity contribution < 1.29 is 30.1 Å². The van der Waals surface area contributed by atoms with E-state index in [2.05, 4.69) is 5.32 Å². The molecular weight excluding hydrogens is 386 g/mol. The third kappa shape index (κ3) is 3.75. The molecule has 7 N–H and O–H groups in total. The quantitative estimate of drug-likeness (QED) is 0.494. The van der Waals surface area contributed by atoms with Gasteiger partial charge in [0, 0.05) is 5.75 Å². The number of amides is 2. The van der Waals surface area contributed by atoms with Gasteiger partial charge in [-0.3, -0.25) is 14.5 Å². The highest BCUT2D eigenvalue weighted by molar-refractivity contribution is 8.00. The van der Waals surface area contributed by atoms with Crippen molar-refractivity contribution in [2.75, 3.05) is 5.75 Å². The van der Waals surface area contributed by atoms with Crippen LogP contribution in [0.1, 0.15) is 18.5 Å². The van der Waals surface area contributed by atoms with Crippen LogP contribution in [0, 0.1) is 0 Å². The summed E-state index contributed by atoms with van der Waals surface area (Å²) in [7, 11) is 0. The summed E-state index contributed by atoms with van der Waals surface area (Å²) in [4.78, 5) is 37.7. The zero-order valence-electron chi connectivity index (χ0n) is 15.0. The third-order valence-electron chi connectivity index (χ3n) is 4.40. The van der Waals surface area contributed by atoms with E-state index in [1.165, 1.54) is 40.9 Å². The second-order valence-electron chi connectivity index (χ2n) is 6.14. The van der Waals surface area contributed by atoms with E-state index in [1.54, 1.807) is 19.1 Å². The Morgan fingerprint density at radius 2 is 2.00 bits per heavy atom. The first-order valence-electron chi connectivity index (χ1n) is 8.24. The molecule has 1 aromatic carbocycles. The first-order chi connectivity index (χ1) is 12.8. The topological polar surface area (TPSA) is 164 Å². The van der Waals surface area contributed by atoms with Crippen molar-refractivity contribution in [1.82, 2.24) is 10.2 Å². The third-order valence-corrected chi connectivity index (χ3v) is 5.70. The Balaban J connectivity index is 0.00000280. The van der Waals surface area contributed by atoms with E-state index in [0.717, 1.165) is 0 Å². The van der Waals surface area contributed by atoms with Gasteiger partial charge in [0.05, 0.1) is 0 Å². The molecule has 9 nitrogen and oxygen atoms in total. The number of nitrogens with two attached hydrogens (primary N) is 1. The number of β-lactam (4-membered cyclic amide) rings is 1. The summed E-state index contributed by atoms with van der Waals surface area (Å²) in [5, 5.41) is 20.9. The zero-order valence-corrected chi connectivity index (χ0v) is 15.8. The summed E-state index contributed by atoms with van der Waals surface area (Å²) >= 11 is 1.39. The summed E-state index contributed by atoms with van der Waals surface area (Å²) < 4.78 is 0. The van der Waals surface area contributed by atoms with Crippen molar-refractivity contribution >= 4 is 29.5 Å². The van der Waals surface area contributed by atoms with Crippen LogP contribution in [0.25, 0.3) is 0 Å². The summed E-state index contributed by atoms with van der Waals surface area (Å²) in [6.07, 6.45) is 3.39. The van der Waals surface area contributed by atoms with Crippen LogP contribution in [-0.2, 0) is 14.4 Å². The van der Waals surface area contributed by atoms with E-state index >= 15 is 0 Å². The number of phenolic OH excluding ortho intramolecular Hbond substituents is 1. The van der Waals surface area contributed by atoms with Crippen molar-refractivity contribution in [2.45, 2.75) is 24.4 Å². The van der Waals surface area contributed by atoms with Gasteiger partial charge in [-0.05, 0) is 30.2 Å². The molecule has 10 heteroatoms. The molecule has 2 aliphatic rings. The molecule has 1 saturated heterocycles. The number of benzene rings is 1. The molecular formula is C18H21N3O6S. The number of hydrogen-bond acceptors (Lipinski definition) is 6. The Kier molecular flexibility index (Phi) is 6.49. The van der Waals surface area contributed by atoms with Gasteiger partial charge in [-0.1, -0.05) is 24.3 Å². The Labute approximate surface area is 165 Å². The van der Waals surface area contributed by atoms with E-state index < -0.39 is 35.2 Å². The van der Waals surface area contributed by atoms with Crippen LogP contribution in [-0.4, -0.2) is 55.5 Å². The molecule has 150 valence electrons. The first kappa shape index (κ1) is 21.5. The van der Waals surface area contributed by atoms with E-state index in [1.807, 2.05) is 0 Å². The summed E-state index contributed by atoms with van der Waals surface area (Å²) in [6, 6.07) is 4.06. The summed E-state index contributed by atoms with van der Waals surface area (Å²) in [6.45, 7) is 1.77. The fourth-order valence-electron chi connectivity index (χ4n) is 3.05. The molecule has 1 aromatic rings. The SMILES string of the molecule is C/C=C/C1=C(C(=O)O)N2C(=O)[C@@H](NC(=O)[C@H](N)c3ccc(O)cc3)[C@@H]2SC1.O. The van der Waals surface area contributed by atoms with Crippen LogP contribution in [0.2, 0.25) is 0 Å². The molecule has 1 fully saturated rings. The number of carboxylic acids is 1. The van der Waals surface area contributed by atoms with Crippen molar-refractivity contribution in [3.63, 3.8) is 0 Å². The Hall–Kier alpha value is -2.82. The smallest absolute Gasteiger partial charge is 0.352 e. The number of carbonyl (C=O) groups is 3. The molecule has 0 bridgehead atoms. The molecule has 2 heterocycles. The zero-order chi connectivity index (χ0) is 19.7. The highest BCUT2D eigenvalue weighted by Crippen LogP contribution is 2.40. The Bertz CT molecular complexity index is 851. The number of aliphatic carboxylic acids is 1. The fraction of sp³-hybridized carbons (Fsp3) is 0.278. The maximum Gasteiger partial charge on any atom is 0.352 e. The second-order valence-corrected chi connectivity index (χ2v) is 7.25. The normalized spacial score (nSPS) is 22.2. The molecule has 0 radical (unpaired) electrons. The minimum Gasteiger partial charge on any atom is -0.508 e. The number of allylic oxidation sites excluding steroid dienone is 2. The van der Waals surface area contributed by atoms with Crippen molar-refractivity contribution in [3.05, 3.63) is 53.3 Å². The minimum absolute atomic E-state index is 0. The number of carboxylic acid groups (broad SMARTS) is 1. The Morgan fingerprint density at radius 3 is 2.57 bits per heavy atom. The lowest BCUT2D eigenvalue weighted by Crippen LogP contribution is -2.71. The minimum atomic E-state index is -1.17. The standard InChI is InChI=1S/C18H19N3O5S.H2O/c1-2-3-10-8-27-17-13(16(24)21(17)14(10)18(25)26)20-15(23)12(19)9-4-6-11(22)7-5-9;/h2-7,12-13,17,22H,8,19H2,1H3,(H,20,23)(H,25,26);1H2/b3-2+;/t12-,13-,17+;/m1./s1. The van der Waals surface area contributed by atoms with Crippen LogP contribution in [0.3, 0.4) is 0 Å². The van der Waals surface area contributed by atoms with E-state index in [0.29, 0.717) is 16.9 Å². The van der Waals surface area contributed by atoms with Crippen LogP contribution in [0.15, 0.2) is 47.7 Å². The summed E-state index contributed by atoms with van der Waals surface area (Å²) in [5.41, 5.74) is 6.93. The van der Waals surface area contributed by atoms with Crippen molar-refractivity contribution in [1.29, 1.82) is 0 Å². The van der Waals surface area contributed by atoms with E-state index in [4.69, 9.17) is 5.73 Å².